The minimum absolute atomic E-state index is 0.446. The fraction of sp³-hybridized carbons (Fsp3) is 1.00. The maximum absolute atomic E-state index is 9.18. The van der Waals surface area contributed by atoms with Gasteiger partial charge >= 0.3 is 0 Å². The van der Waals surface area contributed by atoms with E-state index in [1.807, 2.05) is 0 Å². The van der Waals surface area contributed by atoms with E-state index in [0.29, 0.717) is 0 Å². The third kappa shape index (κ3) is 1.58. The second-order valence-corrected chi connectivity index (χ2v) is 2.79. The van der Waals surface area contributed by atoms with Gasteiger partial charge in [0.1, 0.15) is 30.6 Å². The van der Waals surface area contributed by atoms with Crippen LogP contribution in [-0.2, 0) is 4.74 Å². The van der Waals surface area contributed by atoms with Crippen LogP contribution in [0.15, 0.2) is 0 Å². The Morgan fingerprint density at radius 2 is 1.67 bits per heavy atom. The topological polar surface area (TPSA) is 116 Å². The van der Waals surface area contributed by atoms with Crippen molar-refractivity contribution < 1.29 is 25.2 Å². The van der Waals surface area contributed by atoms with Gasteiger partial charge in [0.05, 0.1) is 6.61 Å². The molecular weight excluding hydrogens is 166 g/mol. The van der Waals surface area contributed by atoms with Crippen LogP contribution in [0.2, 0.25) is 0 Å². The Kier molecular flexibility index (Phi) is 2.99. The van der Waals surface area contributed by atoms with E-state index in [9.17, 15) is 5.11 Å². The van der Waals surface area contributed by atoms with E-state index in [-0.39, 0.29) is 0 Å². The first kappa shape index (κ1) is 9.85. The number of hydrogen-bond donors (Lipinski definition) is 5. The monoisotopic (exact) mass is 179 g/mol. The normalized spacial score (nSPS) is 49.2. The number of ether oxygens (including phenoxy) is 1. The SMILES string of the molecule is NC1O[C@H](CO)[C@@H](O)[C@H](O)[C@H]1O. The van der Waals surface area contributed by atoms with Gasteiger partial charge in [0.15, 0.2) is 0 Å². The van der Waals surface area contributed by atoms with E-state index in [4.69, 9.17) is 25.8 Å². The summed E-state index contributed by atoms with van der Waals surface area (Å²) in [7, 11) is 0. The van der Waals surface area contributed by atoms with Gasteiger partial charge in [0.2, 0.25) is 0 Å². The fourth-order valence-corrected chi connectivity index (χ4v) is 1.13. The molecule has 1 rings (SSSR count). The molecule has 6 heteroatoms. The molecule has 1 aliphatic heterocycles. The Bertz CT molecular complexity index is 150. The van der Waals surface area contributed by atoms with Crippen LogP contribution in [0, 0.1) is 0 Å². The van der Waals surface area contributed by atoms with Crippen LogP contribution >= 0.6 is 0 Å². The van der Waals surface area contributed by atoms with Gasteiger partial charge < -0.3 is 30.9 Å². The number of rotatable bonds is 1. The summed E-state index contributed by atoms with van der Waals surface area (Å²) in [6, 6.07) is 0. The molecule has 0 saturated carbocycles. The van der Waals surface area contributed by atoms with Crippen molar-refractivity contribution in [2.24, 2.45) is 5.73 Å². The molecule has 12 heavy (non-hydrogen) atoms. The first-order valence-corrected chi connectivity index (χ1v) is 3.64. The Labute approximate surface area is 69.2 Å². The quantitative estimate of drug-likeness (QED) is 0.288. The van der Waals surface area contributed by atoms with Gasteiger partial charge in [0.25, 0.3) is 0 Å². The summed E-state index contributed by atoms with van der Waals surface area (Å²) in [5.41, 5.74) is 5.24. The van der Waals surface area contributed by atoms with Crippen LogP contribution in [0.4, 0.5) is 0 Å². The summed E-state index contributed by atoms with van der Waals surface area (Å²) < 4.78 is 4.80. The molecule has 5 atom stereocenters. The molecule has 0 spiro atoms. The van der Waals surface area contributed by atoms with E-state index in [0.717, 1.165) is 0 Å². The average molecular weight is 179 g/mol. The molecule has 72 valence electrons. The van der Waals surface area contributed by atoms with E-state index in [2.05, 4.69) is 0 Å². The first-order chi connectivity index (χ1) is 5.57. The van der Waals surface area contributed by atoms with Crippen molar-refractivity contribution in [1.29, 1.82) is 0 Å². The lowest BCUT2D eigenvalue weighted by Gasteiger charge is -2.38. The lowest BCUT2D eigenvalue weighted by molar-refractivity contribution is -0.227. The highest BCUT2D eigenvalue weighted by Gasteiger charge is 2.41. The molecular formula is C6H13NO5. The Morgan fingerprint density at radius 3 is 2.17 bits per heavy atom. The predicted octanol–water partition coefficient (Wildman–Crippen LogP) is -3.25. The van der Waals surface area contributed by atoms with Crippen molar-refractivity contribution in [3.8, 4) is 0 Å². The molecule has 0 aromatic heterocycles. The average Bonchev–Trinajstić information content (AvgIpc) is 2.08. The molecule has 6 N–H and O–H groups in total. The van der Waals surface area contributed by atoms with Gasteiger partial charge in [0, 0.05) is 0 Å². The second kappa shape index (κ2) is 3.65. The molecule has 6 nitrogen and oxygen atoms in total. The summed E-state index contributed by atoms with van der Waals surface area (Å²) in [5, 5.41) is 36.1. The Balaban J connectivity index is 2.63. The van der Waals surface area contributed by atoms with Crippen molar-refractivity contribution in [1.82, 2.24) is 0 Å². The highest BCUT2D eigenvalue weighted by molar-refractivity contribution is 4.89. The number of aliphatic hydroxyl groups excluding tert-OH is 4. The Morgan fingerprint density at radius 1 is 1.08 bits per heavy atom. The third-order valence-electron chi connectivity index (χ3n) is 1.93. The molecule has 0 bridgehead atoms. The Hall–Kier alpha value is -0.240. The van der Waals surface area contributed by atoms with Gasteiger partial charge in [-0.3, -0.25) is 0 Å². The van der Waals surface area contributed by atoms with Crippen LogP contribution < -0.4 is 5.73 Å². The maximum Gasteiger partial charge on any atom is 0.135 e. The van der Waals surface area contributed by atoms with Crippen LogP contribution in [0.5, 0.6) is 0 Å². The summed E-state index contributed by atoms with van der Waals surface area (Å²) in [4.78, 5) is 0. The summed E-state index contributed by atoms with van der Waals surface area (Å²) in [6.07, 6.45) is -5.99. The lowest BCUT2D eigenvalue weighted by Crippen LogP contribution is -2.61. The number of aliphatic hydroxyl groups is 4. The summed E-state index contributed by atoms with van der Waals surface area (Å²) in [5.74, 6) is 0. The molecule has 1 unspecified atom stereocenters. The van der Waals surface area contributed by atoms with Crippen LogP contribution in [-0.4, -0.2) is 57.7 Å². The molecule has 1 heterocycles. The first-order valence-electron chi connectivity index (χ1n) is 3.64. The van der Waals surface area contributed by atoms with Crippen molar-refractivity contribution in [2.75, 3.05) is 6.61 Å². The largest absolute Gasteiger partial charge is 0.394 e. The van der Waals surface area contributed by atoms with Crippen molar-refractivity contribution in [3.05, 3.63) is 0 Å². The van der Waals surface area contributed by atoms with Gasteiger partial charge in [-0.25, -0.2) is 0 Å². The van der Waals surface area contributed by atoms with Crippen LogP contribution in [0.25, 0.3) is 0 Å². The minimum Gasteiger partial charge on any atom is -0.394 e. The second-order valence-electron chi connectivity index (χ2n) is 2.79. The van der Waals surface area contributed by atoms with Crippen LogP contribution in [0.1, 0.15) is 0 Å². The minimum atomic E-state index is -1.37. The number of nitrogens with two attached hydrogens (primary N) is 1. The predicted molar refractivity (Wildman–Crippen MR) is 38.0 cm³/mol. The third-order valence-corrected chi connectivity index (χ3v) is 1.93. The zero-order valence-corrected chi connectivity index (χ0v) is 6.37. The van der Waals surface area contributed by atoms with E-state index in [1.54, 1.807) is 0 Å². The smallest absolute Gasteiger partial charge is 0.135 e. The van der Waals surface area contributed by atoms with Gasteiger partial charge in [-0.05, 0) is 0 Å². The molecule has 0 aliphatic carbocycles. The van der Waals surface area contributed by atoms with E-state index < -0.39 is 37.3 Å². The molecule has 0 aromatic carbocycles. The van der Waals surface area contributed by atoms with Crippen molar-refractivity contribution in [2.45, 2.75) is 30.6 Å². The zero-order chi connectivity index (χ0) is 9.30. The number of hydrogen-bond acceptors (Lipinski definition) is 6. The lowest BCUT2D eigenvalue weighted by atomic mass is 9.99. The fourth-order valence-electron chi connectivity index (χ4n) is 1.13. The zero-order valence-electron chi connectivity index (χ0n) is 6.37. The van der Waals surface area contributed by atoms with E-state index >= 15 is 0 Å². The van der Waals surface area contributed by atoms with Crippen LogP contribution in [0.3, 0.4) is 0 Å². The summed E-state index contributed by atoms with van der Waals surface area (Å²) >= 11 is 0. The highest BCUT2D eigenvalue weighted by atomic mass is 16.6. The van der Waals surface area contributed by atoms with E-state index in [1.165, 1.54) is 0 Å². The maximum atomic E-state index is 9.18. The molecule has 1 aliphatic rings. The molecule has 0 amide bonds. The summed E-state index contributed by atoms with van der Waals surface area (Å²) in [6.45, 7) is -0.446. The molecule has 1 fully saturated rings. The van der Waals surface area contributed by atoms with Gasteiger partial charge in [-0.15, -0.1) is 0 Å². The standard InChI is InChI=1S/C6H13NO5/c7-6-5(11)4(10)3(9)2(1-8)12-6/h2-6,8-11H,1,7H2/t2-,3-,4+,5-,6?/m1/s1. The molecule has 0 radical (unpaired) electrons. The molecule has 1 saturated heterocycles. The molecule has 0 aromatic rings. The van der Waals surface area contributed by atoms with Crippen molar-refractivity contribution in [3.63, 3.8) is 0 Å². The highest BCUT2D eigenvalue weighted by Crippen LogP contribution is 2.17. The van der Waals surface area contributed by atoms with Gasteiger partial charge in [-0.2, -0.15) is 0 Å². The van der Waals surface area contributed by atoms with Gasteiger partial charge in [-0.1, -0.05) is 0 Å². The van der Waals surface area contributed by atoms with Crippen molar-refractivity contribution >= 4 is 0 Å².